The predicted molar refractivity (Wildman–Crippen MR) is 230 cm³/mol. The third-order valence-corrected chi connectivity index (χ3v) is 10.2. The van der Waals surface area contributed by atoms with Crippen molar-refractivity contribution in [3.8, 4) is 67.5 Å². The summed E-state index contributed by atoms with van der Waals surface area (Å²) in [5.41, 5.74) is 9.61. The summed E-state index contributed by atoms with van der Waals surface area (Å²) < 4.78 is 76.8. The maximum Gasteiger partial charge on any atom is 0.149 e. The van der Waals surface area contributed by atoms with Crippen molar-refractivity contribution in [2.24, 2.45) is 0 Å². The predicted octanol–water partition coefficient (Wildman–Crippen LogP) is 13.3. The summed E-state index contributed by atoms with van der Waals surface area (Å²) >= 11 is 0. The first kappa shape index (κ1) is 26.5. The molecule has 0 unspecified atom stereocenters. The van der Waals surface area contributed by atoms with E-state index >= 15 is 0 Å². The van der Waals surface area contributed by atoms with Crippen LogP contribution in [-0.2, 0) is 5.41 Å². The van der Waals surface area contributed by atoms with Gasteiger partial charge in [-0.25, -0.2) is 4.98 Å². The number of nitrogens with zero attached hydrogens (tertiary/aromatic N) is 3. The number of aromatic hydroxyl groups is 1. The second-order valence-electron chi connectivity index (χ2n) is 15.3. The second kappa shape index (κ2) is 13.9. The van der Waals surface area contributed by atoms with Gasteiger partial charge in [-0.15, -0.1) is 0 Å². The Labute approximate surface area is 337 Å². The van der Waals surface area contributed by atoms with Crippen LogP contribution >= 0.6 is 0 Å². The number of imidazole rings is 1. The Hall–Kier alpha value is -6.26. The van der Waals surface area contributed by atoms with Gasteiger partial charge >= 0.3 is 0 Å². The van der Waals surface area contributed by atoms with Crippen molar-refractivity contribution in [2.45, 2.75) is 60.6 Å². The van der Waals surface area contributed by atoms with Gasteiger partial charge in [-0.3, -0.25) is 9.55 Å². The number of hydrogen-bond acceptors (Lipinski definition) is 3. The van der Waals surface area contributed by atoms with Gasteiger partial charge in [0.05, 0.1) is 22.3 Å². The van der Waals surface area contributed by atoms with Crippen molar-refractivity contribution >= 4 is 11.0 Å². The minimum Gasteiger partial charge on any atom is -0.507 e. The molecule has 0 saturated heterocycles. The number of para-hydroxylation sites is 1. The fourth-order valence-corrected chi connectivity index (χ4v) is 7.30. The van der Waals surface area contributed by atoms with E-state index in [9.17, 15) is 5.11 Å². The van der Waals surface area contributed by atoms with Crippen LogP contribution in [0.25, 0.3) is 72.7 Å². The number of hydrogen-bond donors (Lipinski definition) is 1. The molecule has 0 amide bonds. The fourth-order valence-electron chi connectivity index (χ4n) is 7.30. The molecule has 0 aliphatic heterocycles. The molecule has 0 spiro atoms. The van der Waals surface area contributed by atoms with Crippen LogP contribution in [0.3, 0.4) is 0 Å². The van der Waals surface area contributed by atoms with Crippen LogP contribution in [0.4, 0.5) is 0 Å². The average molecular weight is 727 g/mol. The Kier molecular flexibility index (Phi) is 6.68. The standard InChI is InChI=1S/C51H47N3O/c1-31-17-19-36(20-18-31)38-21-22-52-46(29-38)40-26-39(27-41(28-40)51(6,7)8)43-15-12-16-47-48(43)53-50(45-24-32(2)23-34(4)49(45)55)54(47)42-25-33(3)35(5)44(30-42)37-13-10-9-11-14-37/h9-30,55H,1-8H3/i1D3,3D3,5D3. The largest absolute Gasteiger partial charge is 0.507 e. The van der Waals surface area contributed by atoms with Crippen molar-refractivity contribution in [3.63, 3.8) is 0 Å². The highest BCUT2D eigenvalue weighted by Crippen LogP contribution is 2.42. The molecule has 0 atom stereocenters. The number of benzene rings is 6. The van der Waals surface area contributed by atoms with Gasteiger partial charge in [0.1, 0.15) is 11.6 Å². The number of aromatic nitrogens is 3. The van der Waals surface area contributed by atoms with Gasteiger partial charge in [0, 0.05) is 35.3 Å². The zero-order valence-electron chi connectivity index (χ0n) is 40.5. The molecule has 0 saturated carbocycles. The van der Waals surface area contributed by atoms with Gasteiger partial charge < -0.3 is 5.11 Å². The third kappa shape index (κ3) is 6.74. The topological polar surface area (TPSA) is 50.9 Å². The smallest absolute Gasteiger partial charge is 0.149 e. The van der Waals surface area contributed by atoms with E-state index < -0.39 is 20.6 Å². The van der Waals surface area contributed by atoms with Gasteiger partial charge in [-0.05, 0) is 144 Å². The van der Waals surface area contributed by atoms with Crippen LogP contribution < -0.4 is 0 Å². The zero-order chi connectivity index (χ0) is 46.1. The number of rotatable bonds is 6. The Balaban J connectivity index is 1.41. The SMILES string of the molecule is [2H]C([2H])([2H])c1ccc(-c2ccnc(-c3cc(-c4cccc5c4nc(-c4cc(C)cc(C)c4O)n5-c4cc(-c5ccccc5)c(C([2H])([2H])[2H])c(C([2H])([2H])[2H])c4)cc(C(C)(C)C)c3)c2)cc1. The molecule has 272 valence electrons. The molecule has 0 bridgehead atoms. The second-order valence-corrected chi connectivity index (χ2v) is 15.3. The minimum atomic E-state index is -2.80. The van der Waals surface area contributed by atoms with E-state index in [0.717, 1.165) is 38.9 Å². The first-order chi connectivity index (χ1) is 30.0. The minimum absolute atomic E-state index is 0.0122. The molecule has 0 aliphatic carbocycles. The maximum absolute atomic E-state index is 11.7. The van der Waals surface area contributed by atoms with Crippen molar-refractivity contribution in [1.82, 2.24) is 14.5 Å². The lowest BCUT2D eigenvalue weighted by Crippen LogP contribution is -2.11. The first-order valence-corrected chi connectivity index (χ1v) is 18.3. The summed E-state index contributed by atoms with van der Waals surface area (Å²) in [6.45, 7) is 2.37. The highest BCUT2D eigenvalue weighted by atomic mass is 16.3. The molecule has 2 aromatic heterocycles. The molecule has 8 rings (SSSR count). The molecule has 8 aromatic rings. The quantitative estimate of drug-likeness (QED) is 0.186. The molecule has 2 heterocycles. The molecule has 1 N–H and O–H groups in total. The molecular weight excluding hydrogens is 671 g/mol. The Morgan fingerprint density at radius 3 is 2.15 bits per heavy atom. The molecule has 0 radical (unpaired) electrons. The highest BCUT2D eigenvalue weighted by molar-refractivity contribution is 5.97. The van der Waals surface area contributed by atoms with Crippen LogP contribution in [0.1, 0.15) is 66.5 Å². The van der Waals surface area contributed by atoms with Gasteiger partial charge in [0.2, 0.25) is 0 Å². The van der Waals surface area contributed by atoms with Crippen molar-refractivity contribution in [2.75, 3.05) is 0 Å². The Morgan fingerprint density at radius 2 is 1.40 bits per heavy atom. The van der Waals surface area contributed by atoms with E-state index in [2.05, 4.69) is 39.0 Å². The number of aryl methyl sites for hydroxylation is 4. The van der Waals surface area contributed by atoms with Gasteiger partial charge in [-0.1, -0.05) is 105 Å². The Morgan fingerprint density at radius 1 is 0.600 bits per heavy atom. The van der Waals surface area contributed by atoms with E-state index in [1.807, 2.05) is 66.9 Å². The lowest BCUT2D eigenvalue weighted by molar-refractivity contribution is 0.472. The summed E-state index contributed by atoms with van der Waals surface area (Å²) in [5.74, 6) is 0.355. The van der Waals surface area contributed by atoms with Gasteiger partial charge in [0.25, 0.3) is 0 Å². The lowest BCUT2D eigenvalue weighted by Gasteiger charge is -2.22. The van der Waals surface area contributed by atoms with Crippen LogP contribution in [0.15, 0.2) is 134 Å². The number of phenolic OH excluding ortho intramolecular Hbond substituents is 1. The van der Waals surface area contributed by atoms with E-state index in [0.29, 0.717) is 44.9 Å². The molecule has 55 heavy (non-hydrogen) atoms. The lowest BCUT2D eigenvalue weighted by atomic mass is 9.83. The van der Waals surface area contributed by atoms with Crippen molar-refractivity contribution in [1.29, 1.82) is 0 Å². The Bertz CT molecular complexity index is 3070. The third-order valence-electron chi connectivity index (χ3n) is 10.2. The van der Waals surface area contributed by atoms with E-state index in [4.69, 9.17) is 22.3 Å². The summed E-state index contributed by atoms with van der Waals surface area (Å²) in [7, 11) is 0. The molecule has 6 aromatic carbocycles. The van der Waals surface area contributed by atoms with Crippen LogP contribution in [0, 0.1) is 34.4 Å². The highest BCUT2D eigenvalue weighted by Gasteiger charge is 2.24. The zero-order valence-corrected chi connectivity index (χ0v) is 31.5. The van der Waals surface area contributed by atoms with Gasteiger partial charge in [-0.2, -0.15) is 0 Å². The van der Waals surface area contributed by atoms with Crippen LogP contribution in [-0.4, -0.2) is 19.6 Å². The normalized spacial score (nSPS) is 14.8. The van der Waals surface area contributed by atoms with Crippen LogP contribution in [0.5, 0.6) is 5.75 Å². The molecule has 4 heteroatoms. The first-order valence-electron chi connectivity index (χ1n) is 22.8. The van der Waals surface area contributed by atoms with Crippen molar-refractivity contribution in [3.05, 3.63) is 167 Å². The van der Waals surface area contributed by atoms with E-state index in [1.165, 1.54) is 6.07 Å². The summed E-state index contributed by atoms with van der Waals surface area (Å²) in [5, 5.41) is 11.7. The molecule has 4 nitrogen and oxygen atoms in total. The molecular formula is C51H47N3O. The summed E-state index contributed by atoms with van der Waals surface area (Å²) in [6, 6.07) is 38.6. The summed E-state index contributed by atoms with van der Waals surface area (Å²) in [6.07, 6.45) is 1.74. The number of fused-ring (bicyclic) bond motifs is 1. The molecule has 0 aliphatic rings. The number of phenols is 1. The summed E-state index contributed by atoms with van der Waals surface area (Å²) in [4.78, 5) is 10.1. The van der Waals surface area contributed by atoms with E-state index in [1.54, 1.807) is 60.8 Å². The maximum atomic E-state index is 11.7. The average Bonchev–Trinajstić information content (AvgIpc) is 3.63. The van der Waals surface area contributed by atoms with E-state index in [-0.39, 0.29) is 33.4 Å². The fraction of sp³-hybridized carbons (Fsp3) is 0.176. The molecule has 0 fully saturated rings. The monoisotopic (exact) mass is 726 g/mol. The van der Waals surface area contributed by atoms with Gasteiger partial charge in [0.15, 0.2) is 0 Å². The number of pyridine rings is 1. The van der Waals surface area contributed by atoms with Crippen LogP contribution in [0.2, 0.25) is 0 Å². The van der Waals surface area contributed by atoms with Crippen molar-refractivity contribution < 1.29 is 17.4 Å².